The Morgan fingerprint density at radius 1 is 1.33 bits per heavy atom. The largest absolute Gasteiger partial charge is 0.309 e. The fourth-order valence-corrected chi connectivity index (χ4v) is 2.05. The molecule has 1 aromatic carbocycles. The molecule has 4 nitrogen and oxygen atoms in total. The molecule has 0 aliphatic heterocycles. The molecule has 6 heteroatoms. The fourth-order valence-electron chi connectivity index (χ4n) is 1.47. The lowest BCUT2D eigenvalue weighted by Crippen LogP contribution is -2.22. The highest BCUT2D eigenvalue weighted by Gasteiger charge is 2.11. The molecule has 1 aromatic rings. The lowest BCUT2D eigenvalue weighted by atomic mass is 10.2. The highest BCUT2D eigenvalue weighted by atomic mass is 35.5. The SMILES string of the molecule is CN(C)CCCN=C(NO)c1c(Cl)cccc1Cl. The quantitative estimate of drug-likeness (QED) is 0.379. The Kier molecular flexibility index (Phi) is 6.43. The standard InChI is InChI=1S/C12H17Cl2N3O/c1-17(2)8-4-7-15-12(16-18)11-9(13)5-3-6-10(11)14/h3,5-6,18H,4,7-8H2,1-2H3,(H,15,16). The van der Waals surface area contributed by atoms with Gasteiger partial charge in [-0.3, -0.25) is 15.7 Å². The Balaban J connectivity index is 2.79. The zero-order valence-electron chi connectivity index (χ0n) is 10.5. The molecular formula is C12H17Cl2N3O. The van der Waals surface area contributed by atoms with Crippen molar-refractivity contribution in [2.75, 3.05) is 27.2 Å². The zero-order chi connectivity index (χ0) is 13.5. The minimum absolute atomic E-state index is 0.296. The van der Waals surface area contributed by atoms with E-state index >= 15 is 0 Å². The molecule has 0 saturated carbocycles. The summed E-state index contributed by atoms with van der Waals surface area (Å²) in [5.74, 6) is 0.296. The van der Waals surface area contributed by atoms with Gasteiger partial charge in [0.05, 0.1) is 15.6 Å². The summed E-state index contributed by atoms with van der Waals surface area (Å²) in [5, 5.41) is 10.0. The van der Waals surface area contributed by atoms with Crippen LogP contribution in [-0.2, 0) is 0 Å². The van der Waals surface area contributed by atoms with Gasteiger partial charge in [0.15, 0.2) is 5.84 Å². The van der Waals surface area contributed by atoms with E-state index in [0.29, 0.717) is 28.0 Å². The van der Waals surface area contributed by atoms with Gasteiger partial charge in [0.2, 0.25) is 0 Å². The summed E-state index contributed by atoms with van der Waals surface area (Å²) in [4.78, 5) is 6.34. The molecule has 0 spiro atoms. The molecule has 0 atom stereocenters. The van der Waals surface area contributed by atoms with Crippen molar-refractivity contribution in [1.29, 1.82) is 0 Å². The molecule has 0 amide bonds. The number of halogens is 2. The van der Waals surface area contributed by atoms with Crippen molar-refractivity contribution in [2.45, 2.75) is 6.42 Å². The predicted molar refractivity (Wildman–Crippen MR) is 76.0 cm³/mol. The number of rotatable bonds is 5. The second kappa shape index (κ2) is 7.59. The molecule has 0 saturated heterocycles. The Morgan fingerprint density at radius 2 is 1.94 bits per heavy atom. The number of hydrogen-bond acceptors (Lipinski definition) is 3. The number of amidine groups is 1. The smallest absolute Gasteiger partial charge is 0.155 e. The van der Waals surface area contributed by atoms with Gasteiger partial charge >= 0.3 is 0 Å². The predicted octanol–water partition coefficient (Wildman–Crippen LogP) is 2.67. The van der Waals surface area contributed by atoms with Crippen LogP contribution in [0.1, 0.15) is 12.0 Å². The maximum absolute atomic E-state index is 9.13. The molecule has 0 aliphatic carbocycles. The Labute approximate surface area is 117 Å². The van der Waals surface area contributed by atoms with Crippen LogP contribution in [0.25, 0.3) is 0 Å². The lowest BCUT2D eigenvalue weighted by molar-refractivity contribution is 0.234. The summed E-state index contributed by atoms with van der Waals surface area (Å²) in [6, 6.07) is 5.15. The third-order valence-electron chi connectivity index (χ3n) is 2.34. The molecule has 0 fully saturated rings. The van der Waals surface area contributed by atoms with Crippen molar-refractivity contribution < 1.29 is 5.21 Å². The van der Waals surface area contributed by atoms with Crippen LogP contribution < -0.4 is 5.48 Å². The summed E-state index contributed by atoms with van der Waals surface area (Å²) < 4.78 is 0. The Hall–Kier alpha value is -0.810. The van der Waals surface area contributed by atoms with E-state index in [1.165, 1.54) is 0 Å². The highest BCUT2D eigenvalue weighted by molar-refractivity contribution is 6.40. The van der Waals surface area contributed by atoms with Gasteiger partial charge in [-0.15, -0.1) is 0 Å². The van der Waals surface area contributed by atoms with E-state index in [-0.39, 0.29) is 0 Å². The average Bonchev–Trinajstić information content (AvgIpc) is 2.31. The van der Waals surface area contributed by atoms with Gasteiger partial charge in [-0.2, -0.15) is 0 Å². The van der Waals surface area contributed by atoms with Gasteiger partial charge in [0.25, 0.3) is 0 Å². The zero-order valence-corrected chi connectivity index (χ0v) is 12.0. The van der Waals surface area contributed by atoms with Crippen molar-refractivity contribution in [1.82, 2.24) is 10.4 Å². The van der Waals surface area contributed by atoms with E-state index in [4.69, 9.17) is 28.4 Å². The second-order valence-corrected chi connectivity index (χ2v) is 4.91. The number of hydrogen-bond donors (Lipinski definition) is 2. The van der Waals surface area contributed by atoms with Gasteiger partial charge in [0, 0.05) is 6.54 Å². The summed E-state index contributed by atoms with van der Waals surface area (Å²) in [7, 11) is 4.00. The molecular weight excluding hydrogens is 273 g/mol. The van der Waals surface area contributed by atoms with Gasteiger partial charge in [0.1, 0.15) is 0 Å². The van der Waals surface area contributed by atoms with Crippen LogP contribution in [0.15, 0.2) is 23.2 Å². The van der Waals surface area contributed by atoms with Crippen molar-refractivity contribution in [3.05, 3.63) is 33.8 Å². The molecule has 0 radical (unpaired) electrons. The number of nitrogens with zero attached hydrogens (tertiary/aromatic N) is 2. The molecule has 18 heavy (non-hydrogen) atoms. The Morgan fingerprint density at radius 3 is 2.44 bits per heavy atom. The van der Waals surface area contributed by atoms with Crippen molar-refractivity contribution >= 4 is 29.0 Å². The first-order valence-corrected chi connectivity index (χ1v) is 6.35. The van der Waals surface area contributed by atoms with Crippen molar-refractivity contribution in [3.63, 3.8) is 0 Å². The lowest BCUT2D eigenvalue weighted by Gasteiger charge is -2.10. The first-order chi connectivity index (χ1) is 8.56. The molecule has 100 valence electrons. The number of benzene rings is 1. The van der Waals surface area contributed by atoms with E-state index in [9.17, 15) is 0 Å². The first kappa shape index (κ1) is 15.2. The van der Waals surface area contributed by atoms with Crippen LogP contribution in [0.3, 0.4) is 0 Å². The third-order valence-corrected chi connectivity index (χ3v) is 2.97. The highest BCUT2D eigenvalue weighted by Crippen LogP contribution is 2.24. The number of nitrogens with one attached hydrogen (secondary N) is 1. The van der Waals surface area contributed by atoms with Crippen molar-refractivity contribution in [2.24, 2.45) is 4.99 Å². The summed E-state index contributed by atoms with van der Waals surface area (Å²) in [6.45, 7) is 1.51. The molecule has 1 rings (SSSR count). The molecule has 0 aromatic heterocycles. The maximum Gasteiger partial charge on any atom is 0.155 e. The monoisotopic (exact) mass is 289 g/mol. The van der Waals surface area contributed by atoms with Crippen LogP contribution in [0.4, 0.5) is 0 Å². The van der Waals surface area contributed by atoms with Crippen molar-refractivity contribution in [3.8, 4) is 0 Å². The van der Waals surface area contributed by atoms with E-state index in [2.05, 4.69) is 15.4 Å². The fraction of sp³-hybridized carbons (Fsp3) is 0.417. The number of hydroxylamine groups is 1. The molecule has 0 heterocycles. The minimum atomic E-state index is 0.296. The molecule has 0 unspecified atom stereocenters. The summed E-state index contributed by atoms with van der Waals surface area (Å²) in [6.07, 6.45) is 0.889. The summed E-state index contributed by atoms with van der Waals surface area (Å²) in [5.41, 5.74) is 2.58. The van der Waals surface area contributed by atoms with Crippen LogP contribution in [0.2, 0.25) is 10.0 Å². The summed E-state index contributed by atoms with van der Waals surface area (Å²) >= 11 is 12.1. The Bertz CT molecular complexity index is 402. The van der Waals surface area contributed by atoms with E-state index in [0.717, 1.165) is 13.0 Å². The van der Waals surface area contributed by atoms with E-state index in [1.807, 2.05) is 14.1 Å². The van der Waals surface area contributed by atoms with Gasteiger partial charge in [-0.1, -0.05) is 29.3 Å². The second-order valence-electron chi connectivity index (χ2n) is 4.10. The maximum atomic E-state index is 9.13. The average molecular weight is 290 g/mol. The van der Waals surface area contributed by atoms with Crippen LogP contribution in [-0.4, -0.2) is 43.1 Å². The topological polar surface area (TPSA) is 47.9 Å². The van der Waals surface area contributed by atoms with Crippen LogP contribution >= 0.6 is 23.2 Å². The van der Waals surface area contributed by atoms with Crippen LogP contribution in [0, 0.1) is 0 Å². The normalized spacial score (nSPS) is 12.0. The van der Waals surface area contributed by atoms with Crippen LogP contribution in [0.5, 0.6) is 0 Å². The minimum Gasteiger partial charge on any atom is -0.309 e. The first-order valence-electron chi connectivity index (χ1n) is 5.60. The number of aliphatic imine (C=N–C) groups is 1. The van der Waals surface area contributed by atoms with Gasteiger partial charge in [-0.25, -0.2) is 0 Å². The molecule has 0 aliphatic rings. The van der Waals surface area contributed by atoms with E-state index < -0.39 is 0 Å². The third kappa shape index (κ3) is 4.46. The van der Waals surface area contributed by atoms with Gasteiger partial charge in [-0.05, 0) is 39.2 Å². The molecule has 0 bridgehead atoms. The molecule has 2 N–H and O–H groups in total. The van der Waals surface area contributed by atoms with E-state index in [1.54, 1.807) is 18.2 Å². The van der Waals surface area contributed by atoms with Gasteiger partial charge < -0.3 is 4.90 Å².